The number of nitrogens with zero attached hydrogens (tertiary/aromatic N) is 1. The topological polar surface area (TPSA) is 12.9 Å². The van der Waals surface area contributed by atoms with Gasteiger partial charge in [-0.15, -0.1) is 0 Å². The van der Waals surface area contributed by atoms with Crippen LogP contribution in [0.4, 0.5) is 4.39 Å². The zero-order valence-corrected chi connectivity index (χ0v) is 8.11. The number of hydrogen-bond acceptors (Lipinski definition) is 1. The van der Waals surface area contributed by atoms with Gasteiger partial charge in [0.05, 0.1) is 0 Å². The summed E-state index contributed by atoms with van der Waals surface area (Å²) in [7, 11) is 0. The summed E-state index contributed by atoms with van der Waals surface area (Å²) in [6.07, 6.45) is 1.48. The SMILES string of the molecule is CC(C)(C)c1cnc(Cl)cc1F. The van der Waals surface area contributed by atoms with Gasteiger partial charge in [-0.05, 0) is 5.41 Å². The summed E-state index contributed by atoms with van der Waals surface area (Å²) in [5.74, 6) is -0.289. The smallest absolute Gasteiger partial charge is 0.131 e. The minimum absolute atomic E-state index is 0.195. The first-order valence-electron chi connectivity index (χ1n) is 3.73. The molecule has 0 spiro atoms. The molecule has 0 radical (unpaired) electrons. The molecule has 0 saturated carbocycles. The quantitative estimate of drug-likeness (QED) is 0.569. The molecule has 0 unspecified atom stereocenters. The summed E-state index contributed by atoms with van der Waals surface area (Å²) < 4.78 is 13.2. The summed E-state index contributed by atoms with van der Waals surface area (Å²) in [5, 5.41) is 0.195. The average Bonchev–Trinajstić information content (AvgIpc) is 1.83. The molecule has 0 atom stereocenters. The minimum atomic E-state index is -0.289. The van der Waals surface area contributed by atoms with Crippen LogP contribution in [0.5, 0.6) is 0 Å². The molecule has 66 valence electrons. The first kappa shape index (κ1) is 9.46. The standard InChI is InChI=1S/C9H11ClFN/c1-9(2,3)6-5-12-8(10)4-7(6)11/h4-5H,1-3H3. The van der Waals surface area contributed by atoms with Crippen LogP contribution in [0.15, 0.2) is 12.3 Å². The normalized spacial score (nSPS) is 11.8. The lowest BCUT2D eigenvalue weighted by molar-refractivity contribution is 0.519. The predicted molar refractivity (Wildman–Crippen MR) is 47.9 cm³/mol. The molecule has 0 saturated heterocycles. The maximum Gasteiger partial charge on any atom is 0.131 e. The van der Waals surface area contributed by atoms with Crippen molar-refractivity contribution in [3.05, 3.63) is 28.8 Å². The van der Waals surface area contributed by atoms with Crippen LogP contribution in [-0.4, -0.2) is 4.98 Å². The van der Waals surface area contributed by atoms with Gasteiger partial charge in [0, 0.05) is 17.8 Å². The Hall–Kier alpha value is -0.630. The van der Waals surface area contributed by atoms with E-state index in [1.54, 1.807) is 0 Å². The second-order valence-electron chi connectivity index (χ2n) is 3.74. The third-order valence-electron chi connectivity index (χ3n) is 1.63. The highest BCUT2D eigenvalue weighted by Crippen LogP contribution is 2.25. The molecule has 1 aromatic rings. The molecule has 0 fully saturated rings. The molecule has 1 aromatic heterocycles. The van der Waals surface area contributed by atoms with Crippen molar-refractivity contribution in [1.82, 2.24) is 4.98 Å². The lowest BCUT2D eigenvalue weighted by Gasteiger charge is -2.18. The second kappa shape index (κ2) is 3.02. The maximum atomic E-state index is 13.2. The Balaban J connectivity index is 3.19. The monoisotopic (exact) mass is 187 g/mol. The van der Waals surface area contributed by atoms with Crippen molar-refractivity contribution in [2.24, 2.45) is 0 Å². The zero-order chi connectivity index (χ0) is 9.35. The third-order valence-corrected chi connectivity index (χ3v) is 1.83. The molecule has 1 heterocycles. The second-order valence-corrected chi connectivity index (χ2v) is 4.12. The van der Waals surface area contributed by atoms with Crippen molar-refractivity contribution >= 4 is 11.6 Å². The summed E-state index contributed by atoms with van der Waals surface area (Å²) in [6.45, 7) is 5.79. The van der Waals surface area contributed by atoms with Crippen LogP contribution >= 0.6 is 11.6 Å². The largest absolute Gasteiger partial charge is 0.244 e. The van der Waals surface area contributed by atoms with Crippen molar-refractivity contribution in [1.29, 1.82) is 0 Å². The maximum absolute atomic E-state index is 13.2. The van der Waals surface area contributed by atoms with E-state index in [1.165, 1.54) is 12.3 Å². The minimum Gasteiger partial charge on any atom is -0.244 e. The van der Waals surface area contributed by atoms with Gasteiger partial charge in [-0.3, -0.25) is 0 Å². The number of halogens is 2. The Morgan fingerprint density at radius 1 is 1.42 bits per heavy atom. The summed E-state index contributed by atoms with van der Waals surface area (Å²) >= 11 is 5.52. The van der Waals surface area contributed by atoms with E-state index < -0.39 is 0 Å². The first-order valence-corrected chi connectivity index (χ1v) is 4.10. The van der Waals surface area contributed by atoms with E-state index in [4.69, 9.17) is 11.6 Å². The Bertz CT molecular complexity index is 291. The molecule has 0 aromatic carbocycles. The first-order chi connectivity index (χ1) is 5.41. The van der Waals surface area contributed by atoms with Gasteiger partial charge in [0.2, 0.25) is 0 Å². The molecule has 1 nitrogen and oxygen atoms in total. The average molecular weight is 188 g/mol. The van der Waals surface area contributed by atoms with Crippen LogP contribution in [0, 0.1) is 5.82 Å². The Morgan fingerprint density at radius 2 is 2.00 bits per heavy atom. The Labute approximate surface area is 76.6 Å². The molecular formula is C9H11ClFN. The fourth-order valence-corrected chi connectivity index (χ4v) is 1.10. The molecule has 0 aliphatic carbocycles. The van der Waals surface area contributed by atoms with Gasteiger partial charge >= 0.3 is 0 Å². The Morgan fingerprint density at radius 3 is 2.42 bits per heavy atom. The molecule has 0 bridgehead atoms. The molecule has 0 N–H and O–H groups in total. The van der Waals surface area contributed by atoms with Crippen molar-refractivity contribution in [2.45, 2.75) is 26.2 Å². The molecular weight excluding hydrogens is 177 g/mol. The van der Waals surface area contributed by atoms with Gasteiger partial charge in [0.15, 0.2) is 0 Å². The highest BCUT2D eigenvalue weighted by atomic mass is 35.5. The van der Waals surface area contributed by atoms with Crippen LogP contribution in [0.2, 0.25) is 5.15 Å². The number of hydrogen-bond donors (Lipinski definition) is 0. The highest BCUT2D eigenvalue weighted by molar-refractivity contribution is 6.29. The van der Waals surface area contributed by atoms with Crippen LogP contribution in [0.1, 0.15) is 26.3 Å². The molecule has 0 amide bonds. The van der Waals surface area contributed by atoms with Crippen LogP contribution < -0.4 is 0 Å². The molecule has 0 aliphatic rings. The van der Waals surface area contributed by atoms with E-state index >= 15 is 0 Å². The van der Waals surface area contributed by atoms with Gasteiger partial charge < -0.3 is 0 Å². The van der Waals surface area contributed by atoms with Gasteiger partial charge in [0.25, 0.3) is 0 Å². The van der Waals surface area contributed by atoms with E-state index in [0.717, 1.165) is 0 Å². The van der Waals surface area contributed by atoms with Crippen LogP contribution in [-0.2, 0) is 5.41 Å². The van der Waals surface area contributed by atoms with Gasteiger partial charge in [-0.25, -0.2) is 9.37 Å². The van der Waals surface area contributed by atoms with Crippen LogP contribution in [0.25, 0.3) is 0 Å². The molecule has 0 aliphatic heterocycles. The van der Waals surface area contributed by atoms with E-state index in [2.05, 4.69) is 4.98 Å². The van der Waals surface area contributed by atoms with E-state index in [9.17, 15) is 4.39 Å². The van der Waals surface area contributed by atoms with Crippen molar-refractivity contribution in [3.63, 3.8) is 0 Å². The zero-order valence-electron chi connectivity index (χ0n) is 7.36. The van der Waals surface area contributed by atoms with E-state index in [1.807, 2.05) is 20.8 Å². The summed E-state index contributed by atoms with van der Waals surface area (Å²) in [4.78, 5) is 3.83. The molecule has 12 heavy (non-hydrogen) atoms. The van der Waals surface area contributed by atoms with E-state index in [-0.39, 0.29) is 16.4 Å². The highest BCUT2D eigenvalue weighted by Gasteiger charge is 2.18. The number of aromatic nitrogens is 1. The number of rotatable bonds is 0. The van der Waals surface area contributed by atoms with Crippen LogP contribution in [0.3, 0.4) is 0 Å². The number of pyridine rings is 1. The lowest BCUT2D eigenvalue weighted by Crippen LogP contribution is -2.13. The van der Waals surface area contributed by atoms with Gasteiger partial charge in [-0.1, -0.05) is 32.4 Å². The fourth-order valence-electron chi connectivity index (χ4n) is 0.959. The van der Waals surface area contributed by atoms with Crippen molar-refractivity contribution in [3.8, 4) is 0 Å². The van der Waals surface area contributed by atoms with Gasteiger partial charge in [-0.2, -0.15) is 0 Å². The predicted octanol–water partition coefficient (Wildman–Crippen LogP) is 3.17. The fraction of sp³-hybridized carbons (Fsp3) is 0.444. The van der Waals surface area contributed by atoms with E-state index in [0.29, 0.717) is 5.56 Å². The lowest BCUT2D eigenvalue weighted by atomic mass is 9.88. The molecule has 3 heteroatoms. The van der Waals surface area contributed by atoms with Crippen molar-refractivity contribution in [2.75, 3.05) is 0 Å². The third kappa shape index (κ3) is 1.95. The Kier molecular flexibility index (Phi) is 2.38. The summed E-state index contributed by atoms with van der Waals surface area (Å²) in [6, 6.07) is 1.24. The van der Waals surface area contributed by atoms with Gasteiger partial charge in [0.1, 0.15) is 11.0 Å². The molecule has 1 rings (SSSR count). The van der Waals surface area contributed by atoms with Crippen molar-refractivity contribution < 1.29 is 4.39 Å². The summed E-state index contributed by atoms with van der Waals surface area (Å²) in [5.41, 5.74) is 0.369.